The number of anilines is 1. The summed E-state index contributed by atoms with van der Waals surface area (Å²) in [5.41, 5.74) is 2.10. The molecule has 0 unspecified atom stereocenters. The predicted octanol–water partition coefficient (Wildman–Crippen LogP) is 3.43. The van der Waals surface area contributed by atoms with Gasteiger partial charge in [0.25, 0.3) is 0 Å². The molecular formula is C13H17ClN4. The first-order chi connectivity index (χ1) is 8.58. The van der Waals surface area contributed by atoms with E-state index in [1.807, 2.05) is 29.8 Å². The lowest BCUT2D eigenvalue weighted by atomic mass is 10.2. The molecule has 0 saturated heterocycles. The number of halogens is 1. The van der Waals surface area contributed by atoms with Crippen molar-refractivity contribution in [3.8, 4) is 0 Å². The molecule has 0 fully saturated rings. The van der Waals surface area contributed by atoms with Gasteiger partial charge in [0, 0.05) is 6.04 Å². The van der Waals surface area contributed by atoms with Gasteiger partial charge < -0.3 is 5.32 Å². The number of aryl methyl sites for hydroxylation is 1. The van der Waals surface area contributed by atoms with Gasteiger partial charge in [-0.15, -0.1) is 0 Å². The minimum absolute atomic E-state index is 0.303. The van der Waals surface area contributed by atoms with Crippen LogP contribution >= 0.6 is 11.6 Å². The van der Waals surface area contributed by atoms with E-state index in [2.05, 4.69) is 29.2 Å². The van der Waals surface area contributed by atoms with E-state index >= 15 is 0 Å². The van der Waals surface area contributed by atoms with Crippen molar-refractivity contribution in [1.82, 2.24) is 14.8 Å². The molecular weight excluding hydrogens is 248 g/mol. The van der Waals surface area contributed by atoms with Crippen LogP contribution in [0.2, 0.25) is 5.02 Å². The van der Waals surface area contributed by atoms with Gasteiger partial charge in [0.05, 0.1) is 17.3 Å². The summed E-state index contributed by atoms with van der Waals surface area (Å²) < 4.78 is 1.90. The second-order valence-electron chi connectivity index (χ2n) is 4.55. The van der Waals surface area contributed by atoms with Crippen molar-refractivity contribution in [3.05, 3.63) is 40.9 Å². The fourth-order valence-corrected chi connectivity index (χ4v) is 1.97. The van der Waals surface area contributed by atoms with E-state index in [0.29, 0.717) is 12.6 Å². The van der Waals surface area contributed by atoms with Gasteiger partial charge in [0.1, 0.15) is 12.2 Å². The summed E-state index contributed by atoms with van der Waals surface area (Å²) in [6, 6.07) is 6.21. The van der Waals surface area contributed by atoms with Gasteiger partial charge in [-0.25, -0.2) is 9.67 Å². The lowest BCUT2D eigenvalue weighted by molar-refractivity contribution is 0.509. The van der Waals surface area contributed by atoms with Crippen LogP contribution in [-0.4, -0.2) is 14.8 Å². The van der Waals surface area contributed by atoms with Gasteiger partial charge in [-0.1, -0.05) is 17.7 Å². The molecule has 1 N–H and O–H groups in total. The zero-order valence-corrected chi connectivity index (χ0v) is 11.6. The Bertz CT molecular complexity index is 534. The van der Waals surface area contributed by atoms with Crippen molar-refractivity contribution in [2.45, 2.75) is 33.4 Å². The topological polar surface area (TPSA) is 42.7 Å². The molecule has 0 bridgehead atoms. The third kappa shape index (κ3) is 2.82. The molecule has 1 aromatic heterocycles. The van der Waals surface area contributed by atoms with Crippen LogP contribution in [0.1, 0.15) is 31.3 Å². The zero-order chi connectivity index (χ0) is 13.1. The Labute approximate surface area is 112 Å². The van der Waals surface area contributed by atoms with Crippen LogP contribution in [0.3, 0.4) is 0 Å². The first-order valence-corrected chi connectivity index (χ1v) is 6.34. The number of benzene rings is 1. The Kier molecular flexibility index (Phi) is 3.87. The summed E-state index contributed by atoms with van der Waals surface area (Å²) in [5.74, 6) is 0.905. The van der Waals surface area contributed by atoms with Crippen molar-refractivity contribution >= 4 is 17.3 Å². The fourth-order valence-electron chi connectivity index (χ4n) is 1.78. The summed E-state index contributed by atoms with van der Waals surface area (Å²) >= 11 is 6.13. The van der Waals surface area contributed by atoms with E-state index in [9.17, 15) is 0 Å². The van der Waals surface area contributed by atoms with Crippen LogP contribution in [0.5, 0.6) is 0 Å². The van der Waals surface area contributed by atoms with Crippen LogP contribution < -0.4 is 5.32 Å². The molecule has 0 radical (unpaired) electrons. The van der Waals surface area contributed by atoms with Gasteiger partial charge in [-0.05, 0) is 38.5 Å². The number of nitrogens with zero attached hydrogens (tertiary/aromatic N) is 3. The molecule has 0 amide bonds. The van der Waals surface area contributed by atoms with Gasteiger partial charge in [0.15, 0.2) is 0 Å². The summed E-state index contributed by atoms with van der Waals surface area (Å²) in [6.45, 7) is 6.81. The maximum atomic E-state index is 6.13. The number of hydrogen-bond acceptors (Lipinski definition) is 3. The van der Waals surface area contributed by atoms with Crippen molar-refractivity contribution in [1.29, 1.82) is 0 Å². The molecule has 0 aliphatic heterocycles. The molecule has 2 aromatic rings. The summed E-state index contributed by atoms with van der Waals surface area (Å²) in [5, 5.41) is 8.22. The third-order valence-electron chi connectivity index (χ3n) is 2.70. The zero-order valence-electron chi connectivity index (χ0n) is 10.8. The Morgan fingerprint density at radius 3 is 2.89 bits per heavy atom. The largest absolute Gasteiger partial charge is 0.377 e. The Balaban J connectivity index is 2.11. The highest BCUT2D eigenvalue weighted by atomic mass is 35.5. The first kappa shape index (κ1) is 12.9. The van der Waals surface area contributed by atoms with E-state index in [0.717, 1.165) is 16.5 Å². The lowest BCUT2D eigenvalue weighted by Crippen LogP contribution is -2.12. The standard InChI is InChI=1S/C13H17ClN4/c1-9(2)18-13(16-8-17-18)7-15-12-6-10(3)4-5-11(12)14/h4-6,8-9,15H,7H2,1-3H3. The van der Waals surface area contributed by atoms with E-state index in [4.69, 9.17) is 11.6 Å². The monoisotopic (exact) mass is 264 g/mol. The quantitative estimate of drug-likeness (QED) is 0.920. The van der Waals surface area contributed by atoms with Crippen molar-refractivity contribution in [2.24, 2.45) is 0 Å². The molecule has 96 valence electrons. The molecule has 18 heavy (non-hydrogen) atoms. The van der Waals surface area contributed by atoms with E-state index in [-0.39, 0.29) is 0 Å². The van der Waals surface area contributed by atoms with Crippen molar-refractivity contribution in [2.75, 3.05) is 5.32 Å². The molecule has 1 aromatic carbocycles. The molecule has 0 atom stereocenters. The summed E-state index contributed by atoms with van der Waals surface area (Å²) in [4.78, 5) is 4.25. The van der Waals surface area contributed by atoms with E-state index < -0.39 is 0 Å². The normalized spacial score (nSPS) is 10.9. The maximum Gasteiger partial charge on any atom is 0.146 e. The smallest absolute Gasteiger partial charge is 0.146 e. The molecule has 5 heteroatoms. The van der Waals surface area contributed by atoms with E-state index in [1.165, 1.54) is 5.56 Å². The molecule has 0 saturated carbocycles. The van der Waals surface area contributed by atoms with E-state index in [1.54, 1.807) is 6.33 Å². The molecule has 4 nitrogen and oxygen atoms in total. The molecule has 2 rings (SSSR count). The van der Waals surface area contributed by atoms with Crippen molar-refractivity contribution in [3.63, 3.8) is 0 Å². The highest BCUT2D eigenvalue weighted by Crippen LogP contribution is 2.23. The second-order valence-corrected chi connectivity index (χ2v) is 4.96. The van der Waals surface area contributed by atoms with Crippen LogP contribution in [0.25, 0.3) is 0 Å². The number of aromatic nitrogens is 3. The average Bonchev–Trinajstić information content (AvgIpc) is 2.79. The maximum absolute atomic E-state index is 6.13. The SMILES string of the molecule is Cc1ccc(Cl)c(NCc2ncnn2C(C)C)c1. The number of nitrogens with one attached hydrogen (secondary N) is 1. The molecule has 1 heterocycles. The Hall–Kier alpha value is -1.55. The average molecular weight is 265 g/mol. The van der Waals surface area contributed by atoms with Gasteiger partial charge >= 0.3 is 0 Å². The number of rotatable bonds is 4. The van der Waals surface area contributed by atoms with Crippen LogP contribution in [-0.2, 0) is 6.54 Å². The number of hydrogen-bond donors (Lipinski definition) is 1. The molecule has 0 aliphatic rings. The highest BCUT2D eigenvalue weighted by Gasteiger charge is 2.08. The van der Waals surface area contributed by atoms with Gasteiger partial charge in [-0.2, -0.15) is 5.10 Å². The van der Waals surface area contributed by atoms with Crippen LogP contribution in [0.4, 0.5) is 5.69 Å². The van der Waals surface area contributed by atoms with Gasteiger partial charge in [-0.3, -0.25) is 0 Å². The molecule has 0 spiro atoms. The Morgan fingerprint density at radius 2 is 2.17 bits per heavy atom. The fraction of sp³-hybridized carbons (Fsp3) is 0.385. The second kappa shape index (κ2) is 5.40. The first-order valence-electron chi connectivity index (χ1n) is 5.96. The predicted molar refractivity (Wildman–Crippen MR) is 73.9 cm³/mol. The summed E-state index contributed by atoms with van der Waals surface area (Å²) in [6.07, 6.45) is 1.58. The minimum Gasteiger partial charge on any atom is -0.377 e. The van der Waals surface area contributed by atoms with Crippen LogP contribution in [0.15, 0.2) is 24.5 Å². The van der Waals surface area contributed by atoms with Crippen molar-refractivity contribution < 1.29 is 0 Å². The van der Waals surface area contributed by atoms with Gasteiger partial charge in [0.2, 0.25) is 0 Å². The summed E-state index contributed by atoms with van der Waals surface area (Å²) in [7, 11) is 0. The van der Waals surface area contributed by atoms with Crippen LogP contribution in [0, 0.1) is 6.92 Å². The third-order valence-corrected chi connectivity index (χ3v) is 3.02. The Morgan fingerprint density at radius 1 is 1.39 bits per heavy atom. The minimum atomic E-state index is 0.303. The lowest BCUT2D eigenvalue weighted by Gasteiger charge is -2.12. The highest BCUT2D eigenvalue weighted by molar-refractivity contribution is 6.33. The molecule has 0 aliphatic carbocycles.